The fourth-order valence-corrected chi connectivity index (χ4v) is 1.70. The lowest BCUT2D eigenvalue weighted by Crippen LogP contribution is -2.20. The molecule has 5 heteroatoms. The Morgan fingerprint density at radius 3 is 3.00 bits per heavy atom. The van der Waals surface area contributed by atoms with Crippen LogP contribution in [0.25, 0.3) is 11.2 Å². The summed E-state index contributed by atoms with van der Waals surface area (Å²) in [7, 11) is 0. The summed E-state index contributed by atoms with van der Waals surface area (Å²) in [5.74, 6) is -0.442. The Kier molecular flexibility index (Phi) is 1.56. The molecule has 0 amide bonds. The normalized spacial score (nSPS) is 15.7. The Bertz CT molecular complexity index is 587. The quantitative estimate of drug-likeness (QED) is 0.745. The molecule has 0 aliphatic heterocycles. The highest BCUT2D eigenvalue weighted by Crippen LogP contribution is 2.35. The summed E-state index contributed by atoms with van der Waals surface area (Å²) >= 11 is 0. The van der Waals surface area contributed by atoms with E-state index in [0.29, 0.717) is 11.2 Å². The van der Waals surface area contributed by atoms with Crippen LogP contribution in [0, 0.1) is 0 Å². The molecule has 5 nitrogen and oxygen atoms in total. The van der Waals surface area contributed by atoms with Crippen LogP contribution in [0.15, 0.2) is 23.1 Å². The maximum absolute atomic E-state index is 11.7. The number of nitrogens with zero attached hydrogens (tertiary/aromatic N) is 3. The van der Waals surface area contributed by atoms with Crippen LogP contribution in [-0.4, -0.2) is 19.6 Å². The number of hydrogen-bond donors (Lipinski definition) is 1. The Hall–Kier alpha value is -1.91. The molecule has 0 aromatic carbocycles. The van der Waals surface area contributed by atoms with Gasteiger partial charge in [0.1, 0.15) is 5.52 Å². The van der Waals surface area contributed by atoms with Gasteiger partial charge in [-0.2, -0.15) is 0 Å². The van der Waals surface area contributed by atoms with Gasteiger partial charge >= 0.3 is 5.56 Å². The van der Waals surface area contributed by atoms with Crippen molar-refractivity contribution in [3.63, 3.8) is 0 Å². The molecular formula is C10H9N3O2. The van der Waals surface area contributed by atoms with Crippen molar-refractivity contribution in [3.8, 4) is 5.88 Å². The molecule has 0 spiro atoms. The van der Waals surface area contributed by atoms with Gasteiger partial charge in [0.25, 0.3) is 5.88 Å². The van der Waals surface area contributed by atoms with Crippen LogP contribution < -0.4 is 5.56 Å². The highest BCUT2D eigenvalue weighted by molar-refractivity contribution is 5.70. The first-order valence-corrected chi connectivity index (χ1v) is 4.83. The van der Waals surface area contributed by atoms with Crippen molar-refractivity contribution in [2.24, 2.45) is 0 Å². The summed E-state index contributed by atoms with van der Waals surface area (Å²) < 4.78 is 1.54. The van der Waals surface area contributed by atoms with E-state index in [1.165, 1.54) is 4.57 Å². The fourth-order valence-electron chi connectivity index (χ4n) is 1.70. The van der Waals surface area contributed by atoms with E-state index in [4.69, 9.17) is 0 Å². The van der Waals surface area contributed by atoms with Gasteiger partial charge in [-0.3, -0.25) is 9.36 Å². The standard InChI is InChI=1S/C10H9N3O2/c14-9-10(15)13(6-3-4-6)8-7(12-9)2-1-5-11-8/h1-2,5-6H,3-4H2,(H,12,14). The van der Waals surface area contributed by atoms with Gasteiger partial charge in [-0.1, -0.05) is 0 Å². The summed E-state index contributed by atoms with van der Waals surface area (Å²) in [6.45, 7) is 0. The Morgan fingerprint density at radius 2 is 2.27 bits per heavy atom. The predicted octanol–water partition coefficient (Wildman–Crippen LogP) is 0.832. The molecule has 0 bridgehead atoms. The Morgan fingerprint density at radius 1 is 1.47 bits per heavy atom. The topological polar surface area (TPSA) is 68.0 Å². The molecule has 0 saturated heterocycles. The number of pyridine rings is 1. The van der Waals surface area contributed by atoms with E-state index in [-0.39, 0.29) is 6.04 Å². The van der Waals surface area contributed by atoms with E-state index in [9.17, 15) is 9.90 Å². The highest BCUT2D eigenvalue weighted by Gasteiger charge is 2.28. The van der Waals surface area contributed by atoms with Gasteiger partial charge in [-0.15, -0.1) is 0 Å². The number of fused-ring (bicyclic) bond motifs is 1. The number of aromatic hydroxyl groups is 1. The van der Waals surface area contributed by atoms with Crippen LogP contribution in [0.3, 0.4) is 0 Å². The molecule has 76 valence electrons. The molecule has 1 fully saturated rings. The van der Waals surface area contributed by atoms with Gasteiger partial charge in [-0.25, -0.2) is 9.97 Å². The molecule has 0 unspecified atom stereocenters. The van der Waals surface area contributed by atoms with Crippen LogP contribution >= 0.6 is 0 Å². The molecule has 1 saturated carbocycles. The summed E-state index contributed by atoms with van der Waals surface area (Å²) in [6, 6.07) is 3.65. The number of aromatic nitrogens is 3. The third-order valence-corrected chi connectivity index (χ3v) is 2.54. The van der Waals surface area contributed by atoms with Crippen LogP contribution in [-0.2, 0) is 0 Å². The molecule has 1 aliphatic carbocycles. The minimum Gasteiger partial charge on any atom is -0.489 e. The minimum atomic E-state index is -0.442. The lowest BCUT2D eigenvalue weighted by atomic mass is 10.4. The SMILES string of the molecule is O=c1c(O)nc2cccnc2n1C1CC1. The highest BCUT2D eigenvalue weighted by atomic mass is 16.3. The van der Waals surface area contributed by atoms with Gasteiger partial charge in [0.15, 0.2) is 5.65 Å². The Labute approximate surface area is 85.0 Å². The molecule has 2 aromatic rings. The number of rotatable bonds is 1. The van der Waals surface area contributed by atoms with E-state index in [2.05, 4.69) is 9.97 Å². The van der Waals surface area contributed by atoms with E-state index in [1.54, 1.807) is 18.3 Å². The van der Waals surface area contributed by atoms with Crippen LogP contribution in [0.4, 0.5) is 0 Å². The first kappa shape index (κ1) is 8.40. The molecule has 2 aromatic heterocycles. The fraction of sp³-hybridized carbons (Fsp3) is 0.300. The van der Waals surface area contributed by atoms with Gasteiger partial charge < -0.3 is 5.11 Å². The molecule has 3 rings (SSSR count). The number of hydrogen-bond acceptors (Lipinski definition) is 4. The van der Waals surface area contributed by atoms with Crippen molar-refractivity contribution >= 4 is 11.2 Å². The second kappa shape index (κ2) is 2.79. The zero-order chi connectivity index (χ0) is 10.4. The van der Waals surface area contributed by atoms with Crippen molar-refractivity contribution in [1.82, 2.24) is 14.5 Å². The van der Waals surface area contributed by atoms with Gasteiger partial charge in [0.05, 0.1) is 0 Å². The zero-order valence-electron chi connectivity index (χ0n) is 7.92. The third kappa shape index (κ3) is 1.20. The van der Waals surface area contributed by atoms with Crippen LogP contribution in [0.2, 0.25) is 0 Å². The van der Waals surface area contributed by atoms with Crippen molar-refractivity contribution in [2.45, 2.75) is 18.9 Å². The molecule has 15 heavy (non-hydrogen) atoms. The van der Waals surface area contributed by atoms with E-state index in [0.717, 1.165) is 12.8 Å². The smallest absolute Gasteiger partial charge is 0.315 e. The summed E-state index contributed by atoms with van der Waals surface area (Å²) in [4.78, 5) is 19.6. The second-order valence-electron chi connectivity index (χ2n) is 3.69. The van der Waals surface area contributed by atoms with Crippen molar-refractivity contribution in [3.05, 3.63) is 28.7 Å². The largest absolute Gasteiger partial charge is 0.489 e. The third-order valence-electron chi connectivity index (χ3n) is 2.54. The van der Waals surface area contributed by atoms with E-state index in [1.807, 2.05) is 0 Å². The van der Waals surface area contributed by atoms with Crippen molar-refractivity contribution in [1.29, 1.82) is 0 Å². The summed E-state index contributed by atoms with van der Waals surface area (Å²) in [6.07, 6.45) is 3.56. The minimum absolute atomic E-state index is 0.184. The van der Waals surface area contributed by atoms with E-state index < -0.39 is 11.4 Å². The predicted molar refractivity (Wildman–Crippen MR) is 53.7 cm³/mol. The van der Waals surface area contributed by atoms with Gasteiger partial charge in [0, 0.05) is 12.2 Å². The molecule has 1 aliphatic rings. The lowest BCUT2D eigenvalue weighted by molar-refractivity contribution is 0.438. The van der Waals surface area contributed by atoms with Gasteiger partial charge in [-0.05, 0) is 25.0 Å². The summed E-state index contributed by atoms with van der Waals surface area (Å²) in [5.41, 5.74) is 0.674. The first-order valence-electron chi connectivity index (χ1n) is 4.83. The maximum Gasteiger partial charge on any atom is 0.315 e. The van der Waals surface area contributed by atoms with Crippen LogP contribution in [0.1, 0.15) is 18.9 Å². The van der Waals surface area contributed by atoms with E-state index >= 15 is 0 Å². The lowest BCUT2D eigenvalue weighted by Gasteiger charge is -2.06. The average Bonchev–Trinajstić information content (AvgIpc) is 3.04. The van der Waals surface area contributed by atoms with Gasteiger partial charge in [0.2, 0.25) is 0 Å². The second-order valence-corrected chi connectivity index (χ2v) is 3.69. The van der Waals surface area contributed by atoms with Crippen molar-refractivity contribution < 1.29 is 5.11 Å². The molecule has 0 atom stereocenters. The monoisotopic (exact) mass is 203 g/mol. The van der Waals surface area contributed by atoms with Crippen LogP contribution in [0.5, 0.6) is 5.88 Å². The maximum atomic E-state index is 11.7. The first-order chi connectivity index (χ1) is 7.27. The molecular weight excluding hydrogens is 194 g/mol. The average molecular weight is 203 g/mol. The molecule has 0 radical (unpaired) electrons. The zero-order valence-corrected chi connectivity index (χ0v) is 7.92. The molecule has 1 N–H and O–H groups in total. The summed E-state index contributed by atoms with van der Waals surface area (Å²) in [5, 5.41) is 9.40. The Balaban J connectivity index is 2.46. The molecule has 2 heterocycles. The van der Waals surface area contributed by atoms with Crippen molar-refractivity contribution in [2.75, 3.05) is 0 Å².